The van der Waals surface area contributed by atoms with E-state index in [1.807, 2.05) is 0 Å². The molecule has 0 aliphatic rings. The van der Waals surface area contributed by atoms with Gasteiger partial charge in [0.25, 0.3) is 0 Å². The highest BCUT2D eigenvalue weighted by molar-refractivity contribution is 6.07. The number of benzene rings is 2. The topological polar surface area (TPSA) is 30.6 Å². The number of ketones is 1. The Bertz CT molecular complexity index is 583. The second-order valence-corrected chi connectivity index (χ2v) is 4.00. The fourth-order valence-corrected chi connectivity index (χ4v) is 1.61. The molecule has 0 spiro atoms. The van der Waals surface area contributed by atoms with Crippen molar-refractivity contribution in [3.63, 3.8) is 0 Å². The highest BCUT2D eigenvalue weighted by atomic mass is 19.1. The van der Waals surface area contributed by atoms with Crippen LogP contribution in [0.3, 0.4) is 0 Å². The van der Waals surface area contributed by atoms with E-state index in [0.29, 0.717) is 5.56 Å². The van der Waals surface area contributed by atoms with Gasteiger partial charge in [-0.15, -0.1) is 0 Å². The number of hydrogen-bond acceptors (Lipinski definition) is 1. The van der Waals surface area contributed by atoms with E-state index in [9.17, 15) is 9.18 Å². The minimum absolute atomic E-state index is 0.145. The average molecular weight is 257 g/mol. The Morgan fingerprint density at radius 1 is 1.05 bits per heavy atom. The number of ether oxygens (including phenoxy) is 1. The van der Waals surface area contributed by atoms with Gasteiger partial charge in [-0.1, -0.05) is 12.1 Å². The highest BCUT2D eigenvalue weighted by Gasteiger charge is 2.07. The fraction of sp³-hybridized carbons (Fsp3) is 0.0625. The van der Waals surface area contributed by atoms with Crippen molar-refractivity contribution in [2.24, 2.45) is 0 Å². The first kappa shape index (κ1) is 13.0. The first-order valence-corrected chi connectivity index (χ1v) is 5.83. The van der Waals surface area contributed by atoms with Gasteiger partial charge in [0.15, 0.2) is 0 Å². The summed E-state index contributed by atoms with van der Waals surface area (Å²) in [5.41, 5.74) is 1.51. The molecule has 0 unspecified atom stereocenters. The van der Waals surface area contributed by atoms with Gasteiger partial charge in [-0.2, -0.15) is 0 Å². The third-order valence-corrected chi connectivity index (χ3v) is 2.69. The maximum absolute atomic E-state index is 12.7. The van der Waals surface area contributed by atoms with Crippen molar-refractivity contribution in [2.45, 2.75) is 0 Å². The van der Waals surface area contributed by atoms with E-state index >= 15 is 0 Å². The molecule has 0 saturated heterocycles. The zero-order chi connectivity index (χ0) is 13.7. The van der Waals surface area contributed by atoms with E-state index in [2.05, 4.69) is 0 Å². The fourth-order valence-electron chi connectivity index (χ4n) is 1.61. The van der Waals surface area contributed by atoms with Crippen molar-refractivity contribution in [3.05, 3.63) is 71.6 Å². The zero-order valence-electron chi connectivity index (χ0n) is 10.5. The number of carbonyl (C=O) groups excluding carboxylic acids is 1. The highest BCUT2D eigenvalue weighted by Crippen LogP contribution is 2.12. The summed E-state index contributed by atoms with van der Waals surface area (Å²) in [7, 11) is 1.59. The van der Waals surface area contributed by atoms with E-state index in [-0.39, 0.29) is 11.6 Å². The lowest BCUT2D eigenvalue weighted by molar-refractivity contribution is 0.415. The van der Waals surface area contributed by atoms with Crippen LogP contribution >= 0.6 is 0 Å². The molecule has 0 aromatic heterocycles. The monoisotopic (exact) mass is 257 g/mol. The zero-order valence-corrected chi connectivity index (χ0v) is 10.5. The molecule has 0 saturated carbocycles. The lowest BCUT2D eigenvalue weighted by Gasteiger charge is -1.98. The van der Waals surface area contributed by atoms with Gasteiger partial charge in [-0.05, 0) is 48.0 Å². The third-order valence-electron chi connectivity index (χ3n) is 2.69. The Morgan fingerprint density at radius 2 is 1.68 bits per heavy atom. The molecule has 19 heavy (non-hydrogen) atoms. The van der Waals surface area contributed by atoms with Crippen LogP contribution in [0.15, 0.2) is 54.6 Å². The van der Waals surface area contributed by atoms with Crippen LogP contribution in [-0.2, 0) is 0 Å². The molecular weight excluding hydrogens is 243 g/mol. The Hall–Kier alpha value is -2.42. The number of hydrogen-bond donors (Lipinski definition) is 0. The predicted molar refractivity (Wildman–Crippen MR) is 74.5 cm³/mol. The van der Waals surface area contributed by atoms with Gasteiger partial charge in [-0.3, -0.25) is 4.79 Å². The molecule has 0 fully saturated rings. The number of methoxy groups -OCH3 is 1. The molecule has 3 heteroatoms. The normalized spacial score (nSPS) is 10.6. The lowest BCUT2D eigenvalue weighted by atomic mass is 10.1. The van der Waals surface area contributed by atoms with Crippen LogP contribution < -0.4 is 4.74 Å². The first-order chi connectivity index (χ1) is 9.19. The maximum Gasteiger partial charge on any atom is 0.347 e. The SMILES string of the molecule is COc1ccc(C(=[OH+])/C=C/c2ccc(F)cc2)cc1. The van der Waals surface area contributed by atoms with E-state index in [1.54, 1.807) is 55.7 Å². The van der Waals surface area contributed by atoms with Gasteiger partial charge in [-0.25, -0.2) is 4.39 Å². The maximum atomic E-state index is 12.7. The van der Waals surface area contributed by atoms with Crippen molar-refractivity contribution in [1.29, 1.82) is 0 Å². The summed E-state index contributed by atoms with van der Waals surface area (Å²) in [4.78, 5) is 9.91. The number of halogens is 1. The van der Waals surface area contributed by atoms with Crippen molar-refractivity contribution < 1.29 is 13.9 Å². The summed E-state index contributed by atoms with van der Waals surface area (Å²) in [6.45, 7) is 0. The molecule has 0 heterocycles. The summed E-state index contributed by atoms with van der Waals surface area (Å²) in [5.74, 6) is 0.603. The molecule has 2 aromatic rings. The standard InChI is InChI=1S/C16H13FO2/c1-19-15-9-5-13(6-10-15)16(18)11-4-12-2-7-14(17)8-3-12/h2-11H,1H3/p+1/b11-4+. The Morgan fingerprint density at radius 3 is 2.26 bits per heavy atom. The van der Waals surface area contributed by atoms with Crippen LogP contribution in [-0.4, -0.2) is 17.7 Å². The van der Waals surface area contributed by atoms with Crippen molar-refractivity contribution in [3.8, 4) is 5.75 Å². The molecule has 0 aliphatic heterocycles. The lowest BCUT2D eigenvalue weighted by Crippen LogP contribution is -1.95. The molecule has 0 atom stereocenters. The predicted octanol–water partition coefficient (Wildman–Crippen LogP) is 3.44. The summed E-state index contributed by atoms with van der Waals surface area (Å²) >= 11 is 0. The minimum atomic E-state index is -0.277. The second-order valence-electron chi connectivity index (χ2n) is 4.00. The first-order valence-electron chi connectivity index (χ1n) is 5.83. The second kappa shape index (κ2) is 5.96. The average Bonchev–Trinajstić information content (AvgIpc) is 2.46. The molecule has 0 radical (unpaired) electrons. The van der Waals surface area contributed by atoms with Crippen molar-refractivity contribution >= 4 is 11.9 Å². The van der Waals surface area contributed by atoms with E-state index in [0.717, 1.165) is 11.3 Å². The molecule has 0 bridgehead atoms. The van der Waals surface area contributed by atoms with Gasteiger partial charge >= 0.3 is 5.78 Å². The third kappa shape index (κ3) is 3.52. The summed E-state index contributed by atoms with van der Waals surface area (Å²) in [5, 5.41) is 0. The van der Waals surface area contributed by atoms with E-state index < -0.39 is 0 Å². The summed E-state index contributed by atoms with van der Waals surface area (Å²) in [6, 6.07) is 13.1. The van der Waals surface area contributed by atoms with E-state index in [1.165, 1.54) is 12.1 Å². The number of allylic oxidation sites excluding steroid dienone is 1. The Labute approximate surface area is 111 Å². The summed E-state index contributed by atoms with van der Waals surface area (Å²) in [6.07, 6.45) is 3.30. The molecular formula is C16H14FO2+. The van der Waals surface area contributed by atoms with Crippen LogP contribution in [0.25, 0.3) is 6.08 Å². The van der Waals surface area contributed by atoms with Gasteiger partial charge in [0, 0.05) is 6.08 Å². The molecule has 0 amide bonds. The van der Waals surface area contributed by atoms with Gasteiger partial charge in [0.05, 0.1) is 12.7 Å². The summed E-state index contributed by atoms with van der Waals surface area (Å²) < 4.78 is 17.8. The van der Waals surface area contributed by atoms with E-state index in [4.69, 9.17) is 4.74 Å². The van der Waals surface area contributed by atoms with Crippen LogP contribution in [0.4, 0.5) is 4.39 Å². The van der Waals surface area contributed by atoms with Crippen LogP contribution in [0.1, 0.15) is 11.1 Å². The Kier molecular flexibility index (Phi) is 4.08. The van der Waals surface area contributed by atoms with Gasteiger partial charge in [0.1, 0.15) is 11.6 Å². The van der Waals surface area contributed by atoms with Crippen LogP contribution in [0.2, 0.25) is 0 Å². The molecule has 0 aliphatic carbocycles. The van der Waals surface area contributed by atoms with Gasteiger partial charge < -0.3 is 4.74 Å². The Balaban J connectivity index is 2.09. The molecule has 2 aromatic carbocycles. The largest absolute Gasteiger partial charge is 0.497 e. The van der Waals surface area contributed by atoms with Crippen LogP contribution in [0, 0.1) is 5.82 Å². The smallest absolute Gasteiger partial charge is 0.347 e. The van der Waals surface area contributed by atoms with Crippen molar-refractivity contribution in [2.75, 3.05) is 7.11 Å². The number of rotatable bonds is 4. The molecule has 1 N–H and O–H groups in total. The van der Waals surface area contributed by atoms with Crippen LogP contribution in [0.5, 0.6) is 5.75 Å². The van der Waals surface area contributed by atoms with Crippen molar-refractivity contribution in [1.82, 2.24) is 0 Å². The quantitative estimate of drug-likeness (QED) is 0.469. The molecule has 96 valence electrons. The molecule has 2 nitrogen and oxygen atoms in total. The van der Waals surface area contributed by atoms with Gasteiger partial charge in [0.2, 0.25) is 0 Å². The molecule has 2 rings (SSSR count). The minimum Gasteiger partial charge on any atom is -0.497 e.